The Hall–Kier alpha value is -0.160. The maximum Gasteiger partial charge on any atom is 0.191 e. The van der Waals surface area contributed by atoms with E-state index in [0.29, 0.717) is 12.0 Å². The Balaban J connectivity index is 0.00000392. The van der Waals surface area contributed by atoms with Crippen LogP contribution in [-0.2, 0) is 4.74 Å². The predicted molar refractivity (Wildman–Crippen MR) is 129 cm³/mol. The van der Waals surface area contributed by atoms with Crippen molar-refractivity contribution in [3.8, 4) is 0 Å². The van der Waals surface area contributed by atoms with E-state index in [2.05, 4.69) is 51.2 Å². The summed E-state index contributed by atoms with van der Waals surface area (Å²) in [6, 6.07) is 0.518. The average Bonchev–Trinajstić information content (AvgIpc) is 2.68. The average molecular weight is 511 g/mol. The maximum absolute atomic E-state index is 5.50. The highest BCUT2D eigenvalue weighted by atomic mass is 127. The maximum atomic E-state index is 5.50. The Morgan fingerprint density at radius 1 is 1.00 bits per heavy atom. The minimum atomic E-state index is 0. The number of aliphatic imine (C=N–C) groups is 1. The standard InChI is InChI=1S/C20H42N6O.HI/c1-18(2)19(26-13-15-27-16-14-26)17-23-20(21-3)22-7-5-6-8-25-11-9-24(4)10-12-25;/h18-19H,5-17H2,1-4H3,(H2,21,22,23);1H. The highest BCUT2D eigenvalue weighted by Gasteiger charge is 2.23. The minimum absolute atomic E-state index is 0. The number of piperazine rings is 1. The Morgan fingerprint density at radius 2 is 1.68 bits per heavy atom. The summed E-state index contributed by atoms with van der Waals surface area (Å²) >= 11 is 0. The third-order valence-electron chi connectivity index (χ3n) is 5.78. The molecule has 7 nitrogen and oxygen atoms in total. The number of hydrogen-bond acceptors (Lipinski definition) is 5. The van der Waals surface area contributed by atoms with Gasteiger partial charge in [0.2, 0.25) is 0 Å². The van der Waals surface area contributed by atoms with E-state index in [1.165, 1.54) is 45.6 Å². The zero-order valence-electron chi connectivity index (χ0n) is 18.5. The van der Waals surface area contributed by atoms with Crippen molar-refractivity contribution >= 4 is 29.9 Å². The number of nitrogens with one attached hydrogen (secondary N) is 2. The molecule has 166 valence electrons. The van der Waals surface area contributed by atoms with Crippen LogP contribution in [0.4, 0.5) is 0 Å². The van der Waals surface area contributed by atoms with E-state index in [0.717, 1.165) is 45.4 Å². The zero-order chi connectivity index (χ0) is 19.5. The normalized spacial score (nSPS) is 21.4. The molecular formula is C20H43IN6O. The molecule has 8 heteroatoms. The first-order valence-electron chi connectivity index (χ1n) is 10.8. The van der Waals surface area contributed by atoms with Crippen molar-refractivity contribution in [3.63, 3.8) is 0 Å². The van der Waals surface area contributed by atoms with Gasteiger partial charge >= 0.3 is 0 Å². The van der Waals surface area contributed by atoms with Crippen LogP contribution in [-0.4, -0.2) is 113 Å². The fourth-order valence-electron chi connectivity index (χ4n) is 3.86. The summed E-state index contributed by atoms with van der Waals surface area (Å²) in [4.78, 5) is 11.9. The topological polar surface area (TPSA) is 55.4 Å². The molecule has 2 aliphatic rings. The summed E-state index contributed by atoms with van der Waals surface area (Å²) < 4.78 is 5.50. The van der Waals surface area contributed by atoms with Crippen LogP contribution in [0.3, 0.4) is 0 Å². The van der Waals surface area contributed by atoms with Crippen molar-refractivity contribution in [1.82, 2.24) is 25.3 Å². The van der Waals surface area contributed by atoms with Gasteiger partial charge in [-0.05, 0) is 32.4 Å². The van der Waals surface area contributed by atoms with Crippen molar-refractivity contribution in [2.45, 2.75) is 32.7 Å². The Bertz CT molecular complexity index is 423. The predicted octanol–water partition coefficient (Wildman–Crippen LogP) is 1.15. The van der Waals surface area contributed by atoms with Crippen LogP contribution in [0.25, 0.3) is 0 Å². The van der Waals surface area contributed by atoms with Crippen LogP contribution >= 0.6 is 24.0 Å². The second kappa shape index (κ2) is 14.8. The number of unbranched alkanes of at least 4 members (excludes halogenated alkanes) is 1. The summed E-state index contributed by atoms with van der Waals surface area (Å²) in [5, 5.41) is 7.01. The third kappa shape index (κ3) is 9.56. The van der Waals surface area contributed by atoms with Gasteiger partial charge in [0.15, 0.2) is 5.96 Å². The van der Waals surface area contributed by atoms with E-state index >= 15 is 0 Å². The SMILES string of the molecule is CN=C(NCCCCN1CCN(C)CC1)NCC(C(C)C)N1CCOCC1.I. The zero-order valence-corrected chi connectivity index (χ0v) is 20.8. The molecule has 2 rings (SSSR count). The molecule has 2 fully saturated rings. The van der Waals surface area contributed by atoms with Crippen molar-refractivity contribution in [2.75, 3.05) is 86.2 Å². The van der Waals surface area contributed by atoms with Crippen LogP contribution in [0.2, 0.25) is 0 Å². The molecule has 0 amide bonds. The Morgan fingerprint density at radius 3 is 2.29 bits per heavy atom. The van der Waals surface area contributed by atoms with Crippen molar-refractivity contribution < 1.29 is 4.74 Å². The van der Waals surface area contributed by atoms with Gasteiger partial charge in [-0.1, -0.05) is 13.8 Å². The molecule has 1 atom stereocenters. The number of rotatable bonds is 9. The van der Waals surface area contributed by atoms with E-state index in [1.54, 1.807) is 0 Å². The lowest BCUT2D eigenvalue weighted by Gasteiger charge is -2.37. The molecule has 0 aliphatic carbocycles. The van der Waals surface area contributed by atoms with E-state index in [-0.39, 0.29) is 24.0 Å². The van der Waals surface area contributed by atoms with Crippen LogP contribution in [0.1, 0.15) is 26.7 Å². The number of halogens is 1. The van der Waals surface area contributed by atoms with Gasteiger partial charge in [0.25, 0.3) is 0 Å². The summed E-state index contributed by atoms with van der Waals surface area (Å²) in [6.07, 6.45) is 2.43. The lowest BCUT2D eigenvalue weighted by Crippen LogP contribution is -2.52. The smallest absolute Gasteiger partial charge is 0.191 e. The van der Waals surface area contributed by atoms with Gasteiger partial charge < -0.3 is 25.2 Å². The Kier molecular flexibility index (Phi) is 13.6. The van der Waals surface area contributed by atoms with Crippen LogP contribution in [0.15, 0.2) is 4.99 Å². The minimum Gasteiger partial charge on any atom is -0.379 e. The quantitative estimate of drug-likeness (QED) is 0.210. The van der Waals surface area contributed by atoms with E-state index in [9.17, 15) is 0 Å². The Labute approximate surface area is 189 Å². The van der Waals surface area contributed by atoms with Crippen molar-refractivity contribution in [3.05, 3.63) is 0 Å². The molecule has 1 unspecified atom stereocenters. The molecule has 2 heterocycles. The lowest BCUT2D eigenvalue weighted by molar-refractivity contribution is 0.00752. The molecule has 0 saturated carbocycles. The molecule has 0 bridgehead atoms. The molecule has 2 N–H and O–H groups in total. The fourth-order valence-corrected chi connectivity index (χ4v) is 3.86. The summed E-state index contributed by atoms with van der Waals surface area (Å²) in [6.45, 7) is 16.3. The number of hydrogen-bond donors (Lipinski definition) is 2. The monoisotopic (exact) mass is 510 g/mol. The van der Waals surface area contributed by atoms with Gasteiger partial charge in [-0.15, -0.1) is 24.0 Å². The van der Waals surface area contributed by atoms with Crippen LogP contribution in [0, 0.1) is 5.92 Å². The lowest BCUT2D eigenvalue weighted by atomic mass is 10.0. The third-order valence-corrected chi connectivity index (χ3v) is 5.78. The second-order valence-corrected chi connectivity index (χ2v) is 8.19. The number of guanidine groups is 1. The number of ether oxygens (including phenoxy) is 1. The van der Waals surface area contributed by atoms with Gasteiger partial charge in [-0.3, -0.25) is 9.89 Å². The molecule has 2 aliphatic heterocycles. The van der Waals surface area contributed by atoms with Crippen molar-refractivity contribution in [2.24, 2.45) is 10.9 Å². The first-order chi connectivity index (χ1) is 13.1. The molecule has 0 aromatic rings. The summed E-state index contributed by atoms with van der Waals surface area (Å²) in [5.74, 6) is 1.53. The van der Waals surface area contributed by atoms with Gasteiger partial charge in [0.1, 0.15) is 0 Å². The molecule has 0 spiro atoms. The van der Waals surface area contributed by atoms with Crippen molar-refractivity contribution in [1.29, 1.82) is 0 Å². The number of likely N-dealkylation sites (N-methyl/N-ethyl adjacent to an activating group) is 1. The van der Waals surface area contributed by atoms with Gasteiger partial charge in [0.05, 0.1) is 13.2 Å². The molecular weight excluding hydrogens is 467 g/mol. The first-order valence-corrected chi connectivity index (χ1v) is 10.8. The van der Waals surface area contributed by atoms with Gasteiger partial charge in [0, 0.05) is 65.4 Å². The molecule has 28 heavy (non-hydrogen) atoms. The molecule has 0 radical (unpaired) electrons. The number of nitrogens with zero attached hydrogens (tertiary/aromatic N) is 4. The van der Waals surface area contributed by atoms with Gasteiger partial charge in [-0.25, -0.2) is 0 Å². The van der Waals surface area contributed by atoms with E-state index in [1.807, 2.05) is 7.05 Å². The van der Waals surface area contributed by atoms with Crippen LogP contribution < -0.4 is 10.6 Å². The summed E-state index contributed by atoms with van der Waals surface area (Å²) in [5.41, 5.74) is 0. The summed E-state index contributed by atoms with van der Waals surface area (Å²) in [7, 11) is 4.07. The molecule has 0 aromatic carbocycles. The highest BCUT2D eigenvalue weighted by molar-refractivity contribution is 14.0. The first kappa shape index (κ1) is 25.9. The fraction of sp³-hybridized carbons (Fsp3) is 0.950. The van der Waals surface area contributed by atoms with E-state index < -0.39 is 0 Å². The van der Waals surface area contributed by atoms with E-state index in [4.69, 9.17) is 4.74 Å². The highest BCUT2D eigenvalue weighted by Crippen LogP contribution is 2.12. The van der Waals surface area contributed by atoms with Gasteiger partial charge in [-0.2, -0.15) is 0 Å². The number of morpholine rings is 1. The largest absolute Gasteiger partial charge is 0.379 e. The molecule has 2 saturated heterocycles. The molecule has 0 aromatic heterocycles. The second-order valence-electron chi connectivity index (χ2n) is 8.19. The van der Waals surface area contributed by atoms with Crippen LogP contribution in [0.5, 0.6) is 0 Å².